The molecule has 0 bridgehead atoms. The molecule has 8 nitrogen and oxygen atoms in total. The predicted octanol–water partition coefficient (Wildman–Crippen LogP) is 0.602. The first-order valence-corrected chi connectivity index (χ1v) is 11.4. The number of hydrogen-bond acceptors (Lipinski definition) is 6. The number of benzene rings is 1. The molecule has 2 heterocycles. The molecule has 2 aliphatic heterocycles. The summed E-state index contributed by atoms with van der Waals surface area (Å²) in [5, 5.41) is 0. The number of rotatable bonds is 6. The number of carbonyl (C=O) groups is 1. The van der Waals surface area contributed by atoms with Crippen LogP contribution in [0.1, 0.15) is 24.0 Å². The second-order valence-corrected chi connectivity index (χ2v) is 9.26. The average molecular weight is 412 g/mol. The molecule has 1 aromatic rings. The highest BCUT2D eigenvalue weighted by molar-refractivity contribution is 7.88. The monoisotopic (exact) mass is 411 g/mol. The molecule has 0 atom stereocenters. The molecular formula is C19H29N3O5S. The summed E-state index contributed by atoms with van der Waals surface area (Å²) in [4.78, 5) is 16.8. The number of fused-ring (bicyclic) bond motifs is 1. The van der Waals surface area contributed by atoms with Gasteiger partial charge in [0.05, 0.1) is 27.0 Å². The Morgan fingerprint density at radius 2 is 1.71 bits per heavy atom. The molecule has 1 fully saturated rings. The second kappa shape index (κ2) is 8.67. The van der Waals surface area contributed by atoms with Crippen molar-refractivity contribution in [3.8, 4) is 11.5 Å². The summed E-state index contributed by atoms with van der Waals surface area (Å²) in [6, 6.07) is 3.91. The van der Waals surface area contributed by atoms with E-state index in [1.54, 1.807) is 14.2 Å². The first-order valence-electron chi connectivity index (χ1n) is 9.50. The van der Waals surface area contributed by atoms with Crippen LogP contribution in [0.3, 0.4) is 0 Å². The molecule has 9 heteroatoms. The van der Waals surface area contributed by atoms with Crippen LogP contribution in [0.2, 0.25) is 0 Å². The summed E-state index contributed by atoms with van der Waals surface area (Å²) in [6.45, 7) is 3.06. The maximum absolute atomic E-state index is 12.8. The molecule has 1 saturated heterocycles. The van der Waals surface area contributed by atoms with Gasteiger partial charge in [-0.25, -0.2) is 13.1 Å². The Kier molecular flexibility index (Phi) is 6.47. The molecular weight excluding hydrogens is 382 g/mol. The first kappa shape index (κ1) is 20.9. The van der Waals surface area contributed by atoms with Crippen LogP contribution in [0.25, 0.3) is 0 Å². The van der Waals surface area contributed by atoms with Crippen molar-refractivity contribution in [3.05, 3.63) is 23.3 Å². The van der Waals surface area contributed by atoms with Crippen LogP contribution in [0.15, 0.2) is 12.1 Å². The van der Waals surface area contributed by atoms with Crippen LogP contribution in [0, 0.1) is 0 Å². The summed E-state index contributed by atoms with van der Waals surface area (Å²) in [5.41, 5.74) is 2.28. The number of nitrogens with one attached hydrogen (secondary N) is 1. The van der Waals surface area contributed by atoms with E-state index in [2.05, 4.69) is 9.62 Å². The van der Waals surface area contributed by atoms with E-state index in [9.17, 15) is 13.2 Å². The van der Waals surface area contributed by atoms with Crippen molar-refractivity contribution in [2.45, 2.75) is 31.8 Å². The molecule has 0 unspecified atom stereocenters. The molecule has 156 valence electrons. The second-order valence-electron chi connectivity index (χ2n) is 7.48. The highest BCUT2D eigenvalue weighted by atomic mass is 32.2. The molecule has 0 aromatic heterocycles. The zero-order chi connectivity index (χ0) is 20.3. The van der Waals surface area contributed by atoms with Gasteiger partial charge in [0.2, 0.25) is 15.9 Å². The number of amides is 1. The third kappa shape index (κ3) is 5.15. The zero-order valence-corrected chi connectivity index (χ0v) is 17.5. The number of nitrogens with zero attached hydrogens (tertiary/aromatic N) is 2. The minimum Gasteiger partial charge on any atom is -0.493 e. The van der Waals surface area contributed by atoms with Gasteiger partial charge in [-0.3, -0.25) is 9.69 Å². The SMILES string of the molecule is COc1cc2c(cc1OC)CN(C(=O)CN1CCC(NS(C)(=O)=O)CC1)CC2. The van der Waals surface area contributed by atoms with Gasteiger partial charge in [-0.2, -0.15) is 0 Å². The van der Waals surface area contributed by atoms with Crippen molar-refractivity contribution in [2.24, 2.45) is 0 Å². The fourth-order valence-electron chi connectivity index (χ4n) is 3.90. The molecule has 0 aliphatic carbocycles. The minimum absolute atomic E-state index is 0.0364. The molecule has 0 radical (unpaired) electrons. The highest BCUT2D eigenvalue weighted by Gasteiger charge is 2.27. The number of sulfonamides is 1. The number of likely N-dealkylation sites (tertiary alicyclic amines) is 1. The highest BCUT2D eigenvalue weighted by Crippen LogP contribution is 2.33. The standard InChI is InChI=1S/C19H29N3O5S/c1-26-17-10-14-4-9-22(12-15(14)11-18(17)27-2)19(23)13-21-7-5-16(6-8-21)20-28(3,24)25/h10-11,16,20H,4-9,12-13H2,1-3H3. The lowest BCUT2D eigenvalue weighted by atomic mass is 9.98. The van der Waals surface area contributed by atoms with E-state index in [4.69, 9.17) is 9.47 Å². The van der Waals surface area contributed by atoms with Gasteiger partial charge in [0.25, 0.3) is 0 Å². The minimum atomic E-state index is -3.18. The molecule has 1 amide bonds. The Morgan fingerprint density at radius 1 is 1.11 bits per heavy atom. The molecule has 0 saturated carbocycles. The number of carbonyl (C=O) groups excluding carboxylic acids is 1. The summed E-state index contributed by atoms with van der Waals surface area (Å²) in [7, 11) is 0.0484. The van der Waals surface area contributed by atoms with Crippen LogP contribution in [0.4, 0.5) is 0 Å². The quantitative estimate of drug-likeness (QED) is 0.738. The number of hydrogen-bond donors (Lipinski definition) is 1. The topological polar surface area (TPSA) is 88.2 Å². The van der Waals surface area contributed by atoms with Crippen LogP contribution < -0.4 is 14.2 Å². The van der Waals surface area contributed by atoms with Gasteiger partial charge in [0.1, 0.15) is 0 Å². The van der Waals surface area contributed by atoms with Crippen molar-refractivity contribution < 1.29 is 22.7 Å². The third-order valence-corrected chi connectivity index (χ3v) is 6.16. The van der Waals surface area contributed by atoms with Crippen molar-refractivity contribution in [3.63, 3.8) is 0 Å². The summed E-state index contributed by atoms with van der Waals surface area (Å²) in [6.07, 6.45) is 3.42. The molecule has 1 N–H and O–H groups in total. The van der Waals surface area contributed by atoms with Crippen LogP contribution in [-0.2, 0) is 27.8 Å². The molecule has 28 heavy (non-hydrogen) atoms. The Labute approximate surface area is 166 Å². The van der Waals surface area contributed by atoms with Crippen LogP contribution >= 0.6 is 0 Å². The third-order valence-electron chi connectivity index (χ3n) is 5.40. The Balaban J connectivity index is 1.55. The lowest BCUT2D eigenvalue weighted by molar-refractivity contribution is -0.133. The van der Waals surface area contributed by atoms with Crippen molar-refractivity contribution in [1.82, 2.24) is 14.5 Å². The van der Waals surface area contributed by atoms with Gasteiger partial charge >= 0.3 is 0 Å². The van der Waals surface area contributed by atoms with Gasteiger partial charge < -0.3 is 14.4 Å². The molecule has 1 aromatic carbocycles. The Hall–Kier alpha value is -1.84. The number of ether oxygens (including phenoxy) is 2. The van der Waals surface area contributed by atoms with E-state index in [1.165, 1.54) is 11.8 Å². The van der Waals surface area contributed by atoms with Gasteiger partial charge in [0.15, 0.2) is 11.5 Å². The molecule has 0 spiro atoms. The van der Waals surface area contributed by atoms with E-state index in [-0.39, 0.29) is 11.9 Å². The van der Waals surface area contributed by atoms with E-state index in [0.717, 1.165) is 24.8 Å². The summed E-state index contributed by atoms with van der Waals surface area (Å²) >= 11 is 0. The van der Waals surface area contributed by atoms with Gasteiger partial charge in [-0.05, 0) is 42.5 Å². The lowest BCUT2D eigenvalue weighted by Gasteiger charge is -2.34. The largest absolute Gasteiger partial charge is 0.493 e. The number of methoxy groups -OCH3 is 2. The molecule has 2 aliphatic rings. The summed E-state index contributed by atoms with van der Waals surface area (Å²) in [5.74, 6) is 1.50. The molecule has 3 rings (SSSR count). The van der Waals surface area contributed by atoms with Crippen molar-refractivity contribution in [2.75, 3.05) is 46.7 Å². The van der Waals surface area contributed by atoms with Gasteiger partial charge in [-0.1, -0.05) is 0 Å². The summed E-state index contributed by atoms with van der Waals surface area (Å²) < 4.78 is 36.1. The van der Waals surface area contributed by atoms with Crippen molar-refractivity contribution in [1.29, 1.82) is 0 Å². The predicted molar refractivity (Wildman–Crippen MR) is 106 cm³/mol. The maximum atomic E-state index is 12.8. The Bertz CT molecular complexity index is 819. The zero-order valence-electron chi connectivity index (χ0n) is 16.7. The number of piperidine rings is 1. The van der Waals surface area contributed by atoms with E-state index in [1.807, 2.05) is 17.0 Å². The van der Waals surface area contributed by atoms with Gasteiger partial charge in [0, 0.05) is 32.2 Å². The van der Waals surface area contributed by atoms with E-state index >= 15 is 0 Å². The van der Waals surface area contributed by atoms with Crippen LogP contribution in [-0.4, -0.2) is 76.8 Å². The maximum Gasteiger partial charge on any atom is 0.237 e. The fourth-order valence-corrected chi connectivity index (χ4v) is 4.74. The fraction of sp³-hybridized carbons (Fsp3) is 0.632. The first-order chi connectivity index (χ1) is 13.3. The van der Waals surface area contributed by atoms with Crippen molar-refractivity contribution >= 4 is 15.9 Å². The average Bonchev–Trinajstić information content (AvgIpc) is 2.66. The lowest BCUT2D eigenvalue weighted by Crippen LogP contribution is -2.48. The Morgan fingerprint density at radius 3 is 2.29 bits per heavy atom. The normalized spacial score (nSPS) is 18.6. The van der Waals surface area contributed by atoms with E-state index in [0.29, 0.717) is 44.2 Å². The van der Waals surface area contributed by atoms with Gasteiger partial charge in [-0.15, -0.1) is 0 Å². The smallest absolute Gasteiger partial charge is 0.237 e. The van der Waals surface area contributed by atoms with E-state index < -0.39 is 10.0 Å². The van der Waals surface area contributed by atoms with Crippen LogP contribution in [0.5, 0.6) is 11.5 Å².